The van der Waals surface area contributed by atoms with Crippen LogP contribution in [0.2, 0.25) is 0 Å². The smallest absolute Gasteiger partial charge is 0.269 e. The number of hydrogen-bond donors (Lipinski definition) is 2. The molecule has 2 N–H and O–H groups in total. The van der Waals surface area contributed by atoms with E-state index in [0.29, 0.717) is 5.30 Å². The number of benzene rings is 1. The summed E-state index contributed by atoms with van der Waals surface area (Å²) in [6.45, 7) is 11.6. The highest BCUT2D eigenvalue weighted by Gasteiger charge is 2.33. The second-order valence-corrected chi connectivity index (χ2v) is 9.29. The summed E-state index contributed by atoms with van der Waals surface area (Å²) in [5.41, 5.74) is -0.748. The third-order valence-electron chi connectivity index (χ3n) is 2.41. The average Bonchev–Trinajstić information content (AvgIpc) is 2.23. The van der Waals surface area contributed by atoms with Crippen LogP contribution in [0.15, 0.2) is 24.3 Å². The second kappa shape index (κ2) is 5.87. The lowest BCUT2D eigenvalue weighted by molar-refractivity contribution is -0.384. The molecule has 0 atom stereocenters. The third-order valence-corrected chi connectivity index (χ3v) is 5.41. The highest BCUT2D eigenvalue weighted by atomic mass is 31.2. The van der Waals surface area contributed by atoms with E-state index in [0.717, 1.165) is 0 Å². The van der Waals surface area contributed by atoms with Gasteiger partial charge in [0.2, 0.25) is 7.44 Å². The zero-order chi connectivity index (χ0) is 16.5. The van der Waals surface area contributed by atoms with E-state index in [1.54, 1.807) is 0 Å². The van der Waals surface area contributed by atoms with Crippen LogP contribution in [0.1, 0.15) is 41.5 Å². The van der Waals surface area contributed by atoms with E-state index in [1.807, 2.05) is 41.5 Å². The van der Waals surface area contributed by atoms with E-state index in [-0.39, 0.29) is 16.8 Å². The Morgan fingerprint density at radius 3 is 1.62 bits per heavy atom. The Morgan fingerprint density at radius 2 is 1.33 bits per heavy atom. The Balaban J connectivity index is 3.23. The molecule has 7 heteroatoms. The predicted octanol–water partition coefficient (Wildman–Crippen LogP) is 3.19. The lowest BCUT2D eigenvalue weighted by Crippen LogP contribution is -2.46. The van der Waals surface area contributed by atoms with Crippen molar-refractivity contribution in [1.82, 2.24) is 10.2 Å². The van der Waals surface area contributed by atoms with Crippen LogP contribution in [-0.2, 0) is 4.57 Å². The molecule has 21 heavy (non-hydrogen) atoms. The Kier molecular flexibility index (Phi) is 4.98. The first-order valence-corrected chi connectivity index (χ1v) is 8.47. The molecule has 0 bridgehead atoms. The van der Waals surface area contributed by atoms with Gasteiger partial charge in [-0.15, -0.1) is 0 Å². The van der Waals surface area contributed by atoms with Crippen LogP contribution in [0, 0.1) is 10.1 Å². The fraction of sp³-hybridized carbons (Fsp3) is 0.571. The van der Waals surface area contributed by atoms with Crippen molar-refractivity contribution < 1.29 is 9.49 Å². The van der Waals surface area contributed by atoms with Crippen LogP contribution in [0.4, 0.5) is 5.69 Å². The first-order valence-electron chi connectivity index (χ1n) is 6.76. The number of nitro benzene ring substituents is 1. The van der Waals surface area contributed by atoms with Gasteiger partial charge < -0.3 is 0 Å². The molecule has 0 heterocycles. The minimum atomic E-state index is -3.09. The molecule has 0 saturated heterocycles. The molecular formula is C14H24N3O3P. The van der Waals surface area contributed by atoms with Crippen molar-refractivity contribution in [3.8, 4) is 0 Å². The van der Waals surface area contributed by atoms with Gasteiger partial charge >= 0.3 is 0 Å². The zero-order valence-corrected chi connectivity index (χ0v) is 14.3. The molecule has 118 valence electrons. The molecule has 0 fully saturated rings. The number of hydrogen-bond acceptors (Lipinski definition) is 3. The van der Waals surface area contributed by atoms with E-state index in [1.165, 1.54) is 24.3 Å². The van der Waals surface area contributed by atoms with Gasteiger partial charge in [-0.25, -0.2) is 10.2 Å². The van der Waals surface area contributed by atoms with Gasteiger partial charge in [0.05, 0.1) is 4.92 Å². The number of non-ortho nitro benzene ring substituents is 1. The van der Waals surface area contributed by atoms with Crippen molar-refractivity contribution >= 4 is 18.4 Å². The second-order valence-electron chi connectivity index (χ2n) is 7.11. The summed E-state index contributed by atoms with van der Waals surface area (Å²) < 4.78 is 13.3. The Labute approximate surface area is 126 Å². The summed E-state index contributed by atoms with van der Waals surface area (Å²) in [5, 5.41) is 17.5. The fourth-order valence-electron chi connectivity index (χ4n) is 1.89. The molecule has 6 nitrogen and oxygen atoms in total. The highest BCUT2D eigenvalue weighted by Crippen LogP contribution is 2.40. The van der Waals surface area contributed by atoms with Crippen molar-refractivity contribution in [3.63, 3.8) is 0 Å². The maximum Gasteiger partial charge on any atom is 0.269 e. The summed E-state index contributed by atoms with van der Waals surface area (Å²) in [5.74, 6) is 0. The summed E-state index contributed by atoms with van der Waals surface area (Å²) >= 11 is 0. The summed E-state index contributed by atoms with van der Waals surface area (Å²) in [4.78, 5) is 10.3. The lowest BCUT2D eigenvalue weighted by Gasteiger charge is -2.34. The third kappa shape index (κ3) is 5.58. The molecule has 1 aromatic rings. The molecule has 0 spiro atoms. The van der Waals surface area contributed by atoms with E-state index in [2.05, 4.69) is 10.2 Å². The maximum atomic E-state index is 13.3. The summed E-state index contributed by atoms with van der Waals surface area (Å²) in [7, 11) is -3.09. The maximum absolute atomic E-state index is 13.3. The molecule has 0 aliphatic rings. The first-order chi connectivity index (χ1) is 9.32. The predicted molar refractivity (Wildman–Crippen MR) is 86.1 cm³/mol. The number of nitrogens with zero attached hydrogens (tertiary/aromatic N) is 1. The quantitative estimate of drug-likeness (QED) is 0.506. The lowest BCUT2D eigenvalue weighted by atomic mass is 10.1. The molecule has 0 unspecified atom stereocenters. The van der Waals surface area contributed by atoms with Gasteiger partial charge in [0.1, 0.15) is 0 Å². The van der Waals surface area contributed by atoms with Crippen LogP contribution in [0.3, 0.4) is 0 Å². The van der Waals surface area contributed by atoms with Crippen LogP contribution in [0.5, 0.6) is 0 Å². The SMILES string of the molecule is CC(C)(C)NP(=O)(NC(C)(C)C)c1ccc([N+](=O)[O-])cc1. The van der Waals surface area contributed by atoms with Crippen molar-refractivity contribution in [3.05, 3.63) is 34.4 Å². The topological polar surface area (TPSA) is 84.3 Å². The van der Waals surface area contributed by atoms with Crippen molar-refractivity contribution in [1.29, 1.82) is 0 Å². The van der Waals surface area contributed by atoms with Gasteiger partial charge in [0, 0.05) is 28.5 Å². The van der Waals surface area contributed by atoms with E-state index < -0.39 is 12.4 Å². The van der Waals surface area contributed by atoms with Crippen molar-refractivity contribution in [2.24, 2.45) is 0 Å². The molecule has 0 aromatic heterocycles. The van der Waals surface area contributed by atoms with E-state index in [9.17, 15) is 14.7 Å². The molecule has 0 amide bonds. The Hall–Kier alpha value is -1.23. The van der Waals surface area contributed by atoms with E-state index >= 15 is 0 Å². The van der Waals surface area contributed by atoms with Crippen LogP contribution in [0.25, 0.3) is 0 Å². The zero-order valence-electron chi connectivity index (χ0n) is 13.4. The number of rotatable bonds is 4. The molecular weight excluding hydrogens is 289 g/mol. The highest BCUT2D eigenvalue weighted by molar-refractivity contribution is 7.67. The summed E-state index contributed by atoms with van der Waals surface area (Å²) in [6.07, 6.45) is 0. The Morgan fingerprint density at radius 1 is 0.952 bits per heavy atom. The van der Waals surface area contributed by atoms with Gasteiger partial charge in [-0.1, -0.05) is 0 Å². The largest absolute Gasteiger partial charge is 0.284 e. The Bertz CT molecular complexity index is 536. The van der Waals surface area contributed by atoms with E-state index in [4.69, 9.17) is 0 Å². The number of nitrogens with one attached hydrogen (secondary N) is 2. The molecule has 1 rings (SSSR count). The minimum absolute atomic E-state index is 0.0168. The van der Waals surface area contributed by atoms with Crippen molar-refractivity contribution in [2.45, 2.75) is 52.6 Å². The molecule has 0 radical (unpaired) electrons. The average molecular weight is 313 g/mol. The molecule has 0 saturated carbocycles. The normalized spacial score (nSPS) is 13.2. The fourth-order valence-corrected chi connectivity index (χ4v) is 4.66. The molecule has 0 aliphatic heterocycles. The van der Waals surface area contributed by atoms with Crippen molar-refractivity contribution in [2.75, 3.05) is 0 Å². The standard InChI is InChI=1S/C14H24N3O3P/c1-13(2,3)15-21(20,16-14(4,5)6)12-9-7-11(8-10-12)17(18)19/h7-10H,1-6H3,(H2,15,16,20). The van der Waals surface area contributed by atoms with Gasteiger partial charge in [0.15, 0.2) is 0 Å². The molecule has 1 aromatic carbocycles. The number of nitro groups is 1. The molecule has 0 aliphatic carbocycles. The van der Waals surface area contributed by atoms with Gasteiger partial charge in [-0.05, 0) is 53.7 Å². The van der Waals surface area contributed by atoms with Gasteiger partial charge in [-0.2, -0.15) is 0 Å². The minimum Gasteiger partial charge on any atom is -0.284 e. The summed E-state index contributed by atoms with van der Waals surface area (Å²) in [6, 6.07) is 5.82. The monoisotopic (exact) mass is 313 g/mol. The first kappa shape index (κ1) is 17.8. The van der Waals surface area contributed by atoms with Crippen LogP contribution >= 0.6 is 7.44 Å². The van der Waals surface area contributed by atoms with Gasteiger partial charge in [-0.3, -0.25) is 14.7 Å². The van der Waals surface area contributed by atoms with Crippen LogP contribution in [-0.4, -0.2) is 16.0 Å². The van der Waals surface area contributed by atoms with Gasteiger partial charge in [0.25, 0.3) is 5.69 Å². The van der Waals surface area contributed by atoms with Crippen LogP contribution < -0.4 is 15.5 Å².